The highest BCUT2D eigenvalue weighted by atomic mass is 35.5. The standard InChI is InChI=1S/C10H12ClNO3.C7H6ClNO3/c1-6(2)15-9-8(11)4-7(5-12-9)10(13)14-3;1-12-7(11)4-2-5(8)6(10)9-3-4/h4-6H,1-3H3;2-3H,1H3,(H,9,10)/i1D3,2D3,6D;. The molecule has 2 heterocycles. The second-order valence-electron chi connectivity index (χ2n) is 4.49. The fourth-order valence-corrected chi connectivity index (χ4v) is 1.90. The van der Waals surface area contributed by atoms with Crippen LogP contribution in [0.2, 0.25) is 10.0 Å². The largest absolute Gasteiger partial charge is 0.474 e. The first-order chi connectivity index (χ1) is 15.5. The number of methoxy groups -OCH3 is 2. The number of hydrogen-bond donors (Lipinski definition) is 1. The quantitative estimate of drug-likeness (QED) is 0.752. The van der Waals surface area contributed by atoms with E-state index in [9.17, 15) is 14.4 Å². The molecule has 0 unspecified atom stereocenters. The van der Waals surface area contributed by atoms with Crippen LogP contribution < -0.4 is 10.3 Å². The van der Waals surface area contributed by atoms with Gasteiger partial charge in [0.2, 0.25) is 5.88 Å². The highest BCUT2D eigenvalue weighted by Gasteiger charge is 2.11. The van der Waals surface area contributed by atoms with E-state index in [1.54, 1.807) is 0 Å². The van der Waals surface area contributed by atoms with Crippen molar-refractivity contribution in [1.29, 1.82) is 0 Å². The van der Waals surface area contributed by atoms with Crippen molar-refractivity contribution in [2.24, 2.45) is 0 Å². The summed E-state index contributed by atoms with van der Waals surface area (Å²) in [5.41, 5.74) is -0.246. The molecule has 0 bridgehead atoms. The molecular weight excluding hydrogens is 399 g/mol. The van der Waals surface area contributed by atoms with E-state index in [-0.39, 0.29) is 21.2 Å². The van der Waals surface area contributed by atoms with Gasteiger partial charge in [0.15, 0.2) is 0 Å². The molecule has 0 fully saturated rings. The van der Waals surface area contributed by atoms with Crippen molar-refractivity contribution in [3.05, 3.63) is 56.1 Å². The van der Waals surface area contributed by atoms with Crippen molar-refractivity contribution < 1.29 is 33.4 Å². The second-order valence-corrected chi connectivity index (χ2v) is 5.31. The lowest BCUT2D eigenvalue weighted by Gasteiger charge is -2.10. The highest BCUT2D eigenvalue weighted by Crippen LogP contribution is 2.23. The van der Waals surface area contributed by atoms with Crippen LogP contribution in [0.5, 0.6) is 5.88 Å². The Kier molecular flexibility index (Phi) is 5.30. The number of nitrogens with zero attached hydrogens (tertiary/aromatic N) is 1. The molecule has 146 valence electrons. The van der Waals surface area contributed by atoms with Gasteiger partial charge < -0.3 is 19.2 Å². The summed E-state index contributed by atoms with van der Waals surface area (Å²) >= 11 is 11.3. The average molecular weight is 424 g/mol. The number of hydrogen-bond acceptors (Lipinski definition) is 7. The number of rotatable bonds is 4. The minimum atomic E-state index is -3.29. The zero-order valence-electron chi connectivity index (χ0n) is 21.0. The van der Waals surface area contributed by atoms with E-state index < -0.39 is 43.2 Å². The average Bonchev–Trinajstić information content (AvgIpc) is 2.74. The molecule has 0 radical (unpaired) electrons. The van der Waals surface area contributed by atoms with E-state index in [1.807, 2.05) is 0 Å². The molecule has 8 nitrogen and oxygen atoms in total. The molecule has 0 aliphatic carbocycles. The number of aromatic nitrogens is 2. The van der Waals surface area contributed by atoms with Crippen LogP contribution in [0.1, 0.15) is 44.0 Å². The van der Waals surface area contributed by atoms with Crippen molar-refractivity contribution >= 4 is 35.1 Å². The second kappa shape index (κ2) is 10.5. The fourth-order valence-electron chi connectivity index (χ4n) is 1.52. The Morgan fingerprint density at radius 2 is 1.74 bits per heavy atom. The molecule has 0 atom stereocenters. The molecule has 10 heteroatoms. The summed E-state index contributed by atoms with van der Waals surface area (Å²) in [7, 11) is 2.39. The third kappa shape index (κ3) is 6.92. The number of esters is 2. The Labute approximate surface area is 175 Å². The highest BCUT2D eigenvalue weighted by molar-refractivity contribution is 6.32. The lowest BCUT2D eigenvalue weighted by Crippen LogP contribution is -2.09. The van der Waals surface area contributed by atoms with Crippen molar-refractivity contribution in [1.82, 2.24) is 9.97 Å². The number of carbonyl (C=O) groups is 2. The zero-order valence-corrected chi connectivity index (χ0v) is 15.5. The van der Waals surface area contributed by atoms with Gasteiger partial charge in [0.05, 0.1) is 32.8 Å². The minimum Gasteiger partial charge on any atom is -0.474 e. The van der Waals surface area contributed by atoms with Crippen LogP contribution >= 0.6 is 23.2 Å². The van der Waals surface area contributed by atoms with Crippen molar-refractivity contribution in [3.8, 4) is 5.88 Å². The van der Waals surface area contributed by atoms with Crippen LogP contribution in [-0.2, 0) is 9.47 Å². The molecule has 2 aromatic heterocycles. The number of halogens is 2. The van der Waals surface area contributed by atoms with E-state index >= 15 is 0 Å². The van der Waals surface area contributed by atoms with Gasteiger partial charge in [-0.05, 0) is 25.8 Å². The van der Waals surface area contributed by atoms with Gasteiger partial charge in [-0.1, -0.05) is 23.2 Å². The maximum atomic E-state index is 11.3. The van der Waals surface area contributed by atoms with Crippen LogP contribution in [0.25, 0.3) is 0 Å². The predicted octanol–water partition coefficient (Wildman–Crippen LogP) is 3.12. The molecular formula is C17H18Cl2N2O6. The summed E-state index contributed by atoms with van der Waals surface area (Å²) in [5, 5.41) is -0.356. The molecule has 2 rings (SSSR count). The Balaban J connectivity index is 0.000000404. The van der Waals surface area contributed by atoms with Crippen LogP contribution in [0.15, 0.2) is 29.3 Å². The van der Waals surface area contributed by atoms with Gasteiger partial charge in [0, 0.05) is 20.6 Å². The van der Waals surface area contributed by atoms with Gasteiger partial charge in [-0.25, -0.2) is 14.6 Å². The summed E-state index contributed by atoms with van der Waals surface area (Å²) in [6.07, 6.45) is -1.05. The molecule has 0 aliphatic rings. The van der Waals surface area contributed by atoms with E-state index in [4.69, 9.17) is 37.5 Å². The van der Waals surface area contributed by atoms with Crippen molar-refractivity contribution in [2.45, 2.75) is 19.8 Å². The van der Waals surface area contributed by atoms with Gasteiger partial charge in [0.1, 0.15) is 10.0 Å². The monoisotopic (exact) mass is 423 g/mol. The van der Waals surface area contributed by atoms with Crippen LogP contribution in [0.3, 0.4) is 0 Å². The molecule has 2 aromatic rings. The Bertz CT molecular complexity index is 1090. The Hall–Kier alpha value is -2.58. The van der Waals surface area contributed by atoms with E-state index in [2.05, 4.69) is 19.4 Å². The van der Waals surface area contributed by atoms with Crippen LogP contribution in [0.4, 0.5) is 0 Å². The van der Waals surface area contributed by atoms with Crippen molar-refractivity contribution in [2.75, 3.05) is 14.2 Å². The zero-order chi connectivity index (χ0) is 26.5. The third-order valence-electron chi connectivity index (χ3n) is 2.71. The molecule has 0 aromatic carbocycles. The smallest absolute Gasteiger partial charge is 0.339 e. The first-order valence-corrected chi connectivity index (χ1v) is 7.63. The first-order valence-electron chi connectivity index (χ1n) is 10.4. The topological polar surface area (TPSA) is 108 Å². The molecule has 0 aliphatic heterocycles. The summed E-state index contributed by atoms with van der Waals surface area (Å²) in [5.74, 6) is -1.87. The number of H-pyrrole nitrogens is 1. The number of ether oxygens (including phenoxy) is 3. The minimum absolute atomic E-state index is 0.0297. The molecule has 0 saturated heterocycles. The molecule has 27 heavy (non-hydrogen) atoms. The van der Waals surface area contributed by atoms with Crippen molar-refractivity contribution in [3.63, 3.8) is 0 Å². The van der Waals surface area contributed by atoms with Gasteiger partial charge in [-0.3, -0.25) is 4.79 Å². The lowest BCUT2D eigenvalue weighted by atomic mass is 10.3. The van der Waals surface area contributed by atoms with Gasteiger partial charge in [0.25, 0.3) is 5.56 Å². The summed E-state index contributed by atoms with van der Waals surface area (Å²) in [6.45, 7) is -6.57. The maximum absolute atomic E-state index is 11.3. The third-order valence-corrected chi connectivity index (χ3v) is 3.26. The summed E-state index contributed by atoms with van der Waals surface area (Å²) < 4.78 is 64.6. The fraction of sp³-hybridized carbons (Fsp3) is 0.294. The number of pyridine rings is 2. The Morgan fingerprint density at radius 3 is 2.26 bits per heavy atom. The maximum Gasteiger partial charge on any atom is 0.339 e. The predicted molar refractivity (Wildman–Crippen MR) is 99.8 cm³/mol. The molecule has 0 spiro atoms. The van der Waals surface area contributed by atoms with Gasteiger partial charge in [-0.2, -0.15) is 0 Å². The number of nitrogens with one attached hydrogen (secondary N) is 1. The first kappa shape index (κ1) is 13.6. The molecule has 0 amide bonds. The summed E-state index contributed by atoms with van der Waals surface area (Å²) in [6, 6.07) is 2.32. The summed E-state index contributed by atoms with van der Waals surface area (Å²) in [4.78, 5) is 38.8. The molecule has 0 saturated carbocycles. The lowest BCUT2D eigenvalue weighted by molar-refractivity contribution is 0.0591. The van der Waals surface area contributed by atoms with Crippen LogP contribution in [-0.4, -0.2) is 42.2 Å². The van der Waals surface area contributed by atoms with Gasteiger partial charge in [-0.15, -0.1) is 0 Å². The van der Waals surface area contributed by atoms with E-state index in [0.717, 1.165) is 19.4 Å². The normalized spacial score (nSPS) is 15.0. The van der Waals surface area contributed by atoms with Gasteiger partial charge >= 0.3 is 11.9 Å². The van der Waals surface area contributed by atoms with Crippen LogP contribution in [0, 0.1) is 0 Å². The number of carbonyl (C=O) groups excluding carboxylic acids is 2. The Morgan fingerprint density at radius 1 is 1.15 bits per heavy atom. The number of aromatic amines is 1. The van der Waals surface area contributed by atoms with E-state index in [1.165, 1.54) is 19.4 Å². The SMILES string of the molecule is COC(=O)c1c[nH]c(=O)c(Cl)c1.[2H]C([2H])([2H])C([2H])(Oc1ncc(C(=O)OC)cc1Cl)C([2H])([2H])[2H]. The molecule has 1 N–H and O–H groups in total. The van der Waals surface area contributed by atoms with E-state index in [0.29, 0.717) is 0 Å².